The van der Waals surface area contributed by atoms with Gasteiger partial charge in [-0.1, -0.05) is 19.8 Å². The van der Waals surface area contributed by atoms with Crippen molar-refractivity contribution in [2.75, 3.05) is 19.0 Å². The minimum Gasteiger partial charge on any atom is -0.444 e. The molecule has 8 heteroatoms. The molecular weight excluding hydrogens is 386 g/mol. The number of nitrogens with zero attached hydrogens (tertiary/aromatic N) is 1. The molecule has 1 aromatic rings. The molecule has 1 fully saturated rings. The Morgan fingerprint density at radius 1 is 1.20 bits per heavy atom. The van der Waals surface area contributed by atoms with Crippen molar-refractivity contribution in [1.82, 2.24) is 10.3 Å². The number of aromatic nitrogens is 1. The Morgan fingerprint density at radius 2 is 1.87 bits per heavy atom. The van der Waals surface area contributed by atoms with Gasteiger partial charge < -0.3 is 20.1 Å². The van der Waals surface area contributed by atoms with Gasteiger partial charge in [0.25, 0.3) is 0 Å². The Bertz CT molecular complexity index is 751. The first-order valence-corrected chi connectivity index (χ1v) is 10.4. The normalized spacial score (nSPS) is 20.2. The Balaban J connectivity index is 2.14. The van der Waals surface area contributed by atoms with Crippen LogP contribution in [-0.4, -0.2) is 48.1 Å². The van der Waals surface area contributed by atoms with E-state index in [0.29, 0.717) is 11.5 Å². The number of nitrogens with one attached hydrogen (secondary N) is 2. The summed E-state index contributed by atoms with van der Waals surface area (Å²) in [6, 6.07) is 2.33. The van der Waals surface area contributed by atoms with Crippen molar-refractivity contribution >= 4 is 23.6 Å². The molecule has 1 aliphatic carbocycles. The number of anilines is 1. The molecule has 1 heterocycles. The molecule has 2 rings (SSSR count). The Kier molecular flexibility index (Phi) is 8.34. The summed E-state index contributed by atoms with van der Waals surface area (Å²) in [5.74, 6) is 0.287. The number of ether oxygens (including phenoxy) is 2. The minimum atomic E-state index is -0.743. The van der Waals surface area contributed by atoms with Crippen molar-refractivity contribution in [3.63, 3.8) is 0 Å². The van der Waals surface area contributed by atoms with Crippen LogP contribution < -0.4 is 10.6 Å². The highest BCUT2D eigenvalue weighted by atomic mass is 16.6. The van der Waals surface area contributed by atoms with Gasteiger partial charge in [-0.2, -0.15) is 0 Å². The maximum Gasteiger partial charge on any atom is 0.408 e. The predicted molar refractivity (Wildman–Crippen MR) is 113 cm³/mol. The van der Waals surface area contributed by atoms with Crippen molar-refractivity contribution in [2.24, 2.45) is 11.8 Å². The number of hydrogen-bond donors (Lipinski definition) is 2. The quantitative estimate of drug-likeness (QED) is 0.655. The van der Waals surface area contributed by atoms with E-state index in [4.69, 9.17) is 9.47 Å². The lowest BCUT2D eigenvalue weighted by atomic mass is 9.79. The van der Waals surface area contributed by atoms with E-state index in [1.165, 1.54) is 19.4 Å². The van der Waals surface area contributed by atoms with Crippen LogP contribution >= 0.6 is 0 Å². The lowest BCUT2D eigenvalue weighted by Crippen LogP contribution is -2.50. The molecule has 0 spiro atoms. The molecule has 0 radical (unpaired) electrons. The molecule has 0 aromatic carbocycles. The first kappa shape index (κ1) is 23.8. The van der Waals surface area contributed by atoms with Crippen molar-refractivity contribution in [1.29, 1.82) is 0 Å². The second-order valence-electron chi connectivity index (χ2n) is 8.92. The van der Waals surface area contributed by atoms with Crippen LogP contribution in [0.25, 0.3) is 0 Å². The van der Waals surface area contributed by atoms with Crippen LogP contribution in [0.15, 0.2) is 18.3 Å². The second kappa shape index (κ2) is 10.5. The first-order chi connectivity index (χ1) is 14.1. The van der Waals surface area contributed by atoms with Gasteiger partial charge in [0.1, 0.15) is 24.1 Å². The van der Waals surface area contributed by atoms with Crippen LogP contribution in [-0.2, 0) is 14.3 Å². The molecule has 0 saturated heterocycles. The number of carbonyl (C=O) groups is 3. The average Bonchev–Trinajstić information content (AvgIpc) is 2.66. The minimum absolute atomic E-state index is 0.00650. The largest absolute Gasteiger partial charge is 0.444 e. The van der Waals surface area contributed by atoms with Gasteiger partial charge in [-0.3, -0.25) is 9.59 Å². The molecule has 2 amide bonds. The molecular formula is C22H33N3O5. The van der Waals surface area contributed by atoms with Gasteiger partial charge in [-0.25, -0.2) is 9.78 Å². The third-order valence-corrected chi connectivity index (χ3v) is 5.10. The van der Waals surface area contributed by atoms with Crippen molar-refractivity contribution in [3.8, 4) is 0 Å². The van der Waals surface area contributed by atoms with E-state index >= 15 is 0 Å². The number of Topliss-reactive ketones (excluding diaryl/α,β-unsaturated/α-hetero) is 1. The summed E-state index contributed by atoms with van der Waals surface area (Å²) in [5, 5.41) is 5.49. The molecule has 30 heavy (non-hydrogen) atoms. The van der Waals surface area contributed by atoms with Crippen molar-refractivity contribution < 1.29 is 23.9 Å². The van der Waals surface area contributed by atoms with Crippen LogP contribution in [0.5, 0.6) is 0 Å². The third-order valence-electron chi connectivity index (χ3n) is 5.10. The van der Waals surface area contributed by atoms with E-state index in [0.717, 1.165) is 25.7 Å². The van der Waals surface area contributed by atoms with E-state index in [1.54, 1.807) is 26.8 Å². The molecule has 0 aliphatic heterocycles. The van der Waals surface area contributed by atoms with Crippen LogP contribution in [0.4, 0.5) is 10.6 Å². The fourth-order valence-corrected chi connectivity index (χ4v) is 3.54. The Labute approximate surface area is 178 Å². The fraction of sp³-hybridized carbons (Fsp3) is 0.636. The standard InChI is InChI=1S/C22H33N3O5/c1-14-6-8-15(9-7-14)19(25-21(28)30-22(2,3)4)20(27)24-18-12-16(10-11-23-18)17(26)13-29-5/h10-12,14-15,19H,6-9,13H2,1-5H3,(H,25,28)(H,23,24,27)/t14?,15?,19-/m1/s1. The molecule has 1 aromatic heterocycles. The molecule has 2 N–H and O–H groups in total. The summed E-state index contributed by atoms with van der Waals surface area (Å²) in [7, 11) is 1.44. The summed E-state index contributed by atoms with van der Waals surface area (Å²) in [5.41, 5.74) is -0.269. The molecule has 1 saturated carbocycles. The van der Waals surface area contributed by atoms with Crippen LogP contribution in [0.2, 0.25) is 0 Å². The Hall–Kier alpha value is -2.48. The van der Waals surface area contributed by atoms with E-state index in [2.05, 4.69) is 22.5 Å². The third kappa shape index (κ3) is 7.40. The number of rotatable bonds is 7. The lowest BCUT2D eigenvalue weighted by molar-refractivity contribution is -0.119. The van der Waals surface area contributed by atoms with Crippen LogP contribution in [0, 0.1) is 11.8 Å². The molecule has 1 atom stereocenters. The molecule has 0 bridgehead atoms. The predicted octanol–water partition coefficient (Wildman–Crippen LogP) is 3.57. The van der Waals surface area contributed by atoms with Crippen molar-refractivity contribution in [2.45, 2.75) is 65.0 Å². The summed E-state index contributed by atoms with van der Waals surface area (Å²) >= 11 is 0. The van der Waals surface area contributed by atoms with Gasteiger partial charge in [-0.15, -0.1) is 0 Å². The number of amides is 2. The van der Waals surface area contributed by atoms with Gasteiger partial charge in [0.15, 0.2) is 5.78 Å². The second-order valence-corrected chi connectivity index (χ2v) is 8.92. The molecule has 1 aliphatic rings. The number of alkyl carbamates (subject to hydrolysis) is 1. The lowest BCUT2D eigenvalue weighted by Gasteiger charge is -2.32. The Morgan fingerprint density at radius 3 is 2.47 bits per heavy atom. The number of carbonyl (C=O) groups excluding carboxylic acids is 3. The van der Waals surface area contributed by atoms with E-state index in [1.807, 2.05) is 0 Å². The van der Waals surface area contributed by atoms with Gasteiger partial charge in [0, 0.05) is 18.9 Å². The van der Waals surface area contributed by atoms with Gasteiger partial charge in [0.2, 0.25) is 5.91 Å². The van der Waals surface area contributed by atoms with E-state index < -0.39 is 17.7 Å². The molecule has 0 unspecified atom stereocenters. The summed E-state index contributed by atoms with van der Waals surface area (Å²) in [4.78, 5) is 41.6. The zero-order valence-corrected chi connectivity index (χ0v) is 18.5. The SMILES string of the molecule is COCC(=O)c1ccnc(NC(=O)[C@H](NC(=O)OC(C)(C)C)C2CCC(C)CC2)c1. The number of pyridine rings is 1. The number of methoxy groups -OCH3 is 1. The highest BCUT2D eigenvalue weighted by Gasteiger charge is 2.34. The van der Waals surface area contributed by atoms with Gasteiger partial charge >= 0.3 is 6.09 Å². The fourth-order valence-electron chi connectivity index (χ4n) is 3.54. The van der Waals surface area contributed by atoms with Crippen molar-refractivity contribution in [3.05, 3.63) is 23.9 Å². The van der Waals surface area contributed by atoms with Crippen LogP contribution in [0.3, 0.4) is 0 Å². The first-order valence-electron chi connectivity index (χ1n) is 10.4. The van der Waals surface area contributed by atoms with Crippen LogP contribution in [0.1, 0.15) is 63.7 Å². The number of hydrogen-bond acceptors (Lipinski definition) is 6. The highest BCUT2D eigenvalue weighted by Crippen LogP contribution is 2.31. The van der Waals surface area contributed by atoms with E-state index in [-0.39, 0.29) is 30.0 Å². The summed E-state index contributed by atoms with van der Waals surface area (Å²) in [6.45, 7) is 7.46. The summed E-state index contributed by atoms with van der Waals surface area (Å²) in [6.07, 6.45) is 4.52. The summed E-state index contributed by atoms with van der Waals surface area (Å²) < 4.78 is 10.2. The topological polar surface area (TPSA) is 107 Å². The maximum absolute atomic E-state index is 13.1. The zero-order valence-electron chi connectivity index (χ0n) is 18.5. The highest BCUT2D eigenvalue weighted by molar-refractivity contribution is 6.00. The van der Waals surface area contributed by atoms with Gasteiger partial charge in [0.05, 0.1) is 0 Å². The van der Waals surface area contributed by atoms with Gasteiger partial charge in [-0.05, 0) is 57.6 Å². The monoisotopic (exact) mass is 419 g/mol. The van der Waals surface area contributed by atoms with E-state index in [9.17, 15) is 14.4 Å². The molecule has 166 valence electrons. The average molecular weight is 420 g/mol. The molecule has 8 nitrogen and oxygen atoms in total. The smallest absolute Gasteiger partial charge is 0.408 e. The zero-order chi connectivity index (χ0) is 22.3. The maximum atomic E-state index is 13.1. The number of ketones is 1.